The maximum atomic E-state index is 14.7. The Morgan fingerprint density at radius 3 is 1.31 bits per heavy atom. The Labute approximate surface area is 182 Å². The number of benzene rings is 3. The number of hydrogen-bond donors (Lipinski definition) is 0. The molecular formula is C22H11N4O5P. The van der Waals surface area contributed by atoms with Gasteiger partial charge in [-0.25, -0.2) is 0 Å². The molecule has 10 heteroatoms. The molecule has 0 bridgehead atoms. The van der Waals surface area contributed by atoms with Crippen molar-refractivity contribution in [2.45, 2.75) is 0 Å². The number of nitriles is 4. The van der Waals surface area contributed by atoms with Crippen molar-refractivity contribution in [3.05, 3.63) is 66.7 Å². The first-order valence-corrected chi connectivity index (χ1v) is 10.5. The largest absolute Gasteiger partial charge is 0.388 e. The first-order chi connectivity index (χ1) is 15.5. The molecule has 0 N–H and O–H groups in total. The fourth-order valence-electron chi connectivity index (χ4n) is 3.00. The van der Waals surface area contributed by atoms with Crippen LogP contribution in [0.1, 0.15) is 0 Å². The van der Waals surface area contributed by atoms with E-state index in [1.54, 1.807) is 36.8 Å². The molecule has 32 heavy (non-hydrogen) atoms. The molecule has 0 aliphatic carbocycles. The molecule has 0 fully saturated rings. The molecule has 3 aromatic rings. The summed E-state index contributed by atoms with van der Waals surface area (Å²) >= 11 is 0. The Balaban J connectivity index is 2.33. The number of nitrogens with zero attached hydrogens (tertiary/aromatic N) is 4. The van der Waals surface area contributed by atoms with Crippen molar-refractivity contribution in [2.75, 3.05) is 0 Å². The topological polar surface area (TPSA) is 149 Å². The maximum absolute atomic E-state index is 14.7. The first kappa shape index (κ1) is 21.8. The lowest BCUT2D eigenvalue weighted by molar-refractivity contribution is 0.484. The van der Waals surface area contributed by atoms with Crippen molar-refractivity contribution in [2.24, 2.45) is 0 Å². The predicted octanol–water partition coefficient (Wildman–Crippen LogP) is 2.77. The fourth-order valence-corrected chi connectivity index (χ4v) is 5.72. The molecule has 0 aliphatic heterocycles. The van der Waals surface area contributed by atoms with E-state index < -0.39 is 7.14 Å². The Bertz CT molecular complexity index is 1280. The lowest BCUT2D eigenvalue weighted by Gasteiger charge is -2.21. The second-order valence-corrected chi connectivity index (χ2v) is 8.81. The quantitative estimate of drug-likeness (QED) is 0.397. The van der Waals surface area contributed by atoms with Crippen LogP contribution in [0.25, 0.3) is 0 Å². The molecule has 0 heterocycles. The van der Waals surface area contributed by atoms with Gasteiger partial charge in [-0.15, -0.1) is 21.0 Å². The van der Waals surface area contributed by atoms with Gasteiger partial charge in [-0.2, -0.15) is 0 Å². The molecule has 3 aromatic carbocycles. The SMILES string of the molecule is N#COc1cccc(P(=O)(c2cccc(OC#N)c2)c2cc(OC#N)cc(OC#N)c2)c1. The van der Waals surface area contributed by atoms with Crippen LogP contribution in [0.2, 0.25) is 0 Å². The van der Waals surface area contributed by atoms with Crippen LogP contribution in [0, 0.1) is 46.1 Å². The fraction of sp³-hybridized carbons (Fsp3) is 0. The highest BCUT2D eigenvalue weighted by Crippen LogP contribution is 2.45. The van der Waals surface area contributed by atoms with Crippen molar-refractivity contribution in [3.63, 3.8) is 0 Å². The molecule has 0 amide bonds. The molecule has 0 unspecified atom stereocenters. The van der Waals surface area contributed by atoms with E-state index in [2.05, 4.69) is 0 Å². The number of rotatable bonds is 7. The highest BCUT2D eigenvalue weighted by Gasteiger charge is 2.32. The summed E-state index contributed by atoms with van der Waals surface area (Å²) in [5, 5.41) is 36.3. The Morgan fingerprint density at radius 2 is 0.906 bits per heavy atom. The number of hydrogen-bond acceptors (Lipinski definition) is 9. The van der Waals surface area contributed by atoms with Gasteiger partial charge in [-0.05, 0) is 36.4 Å². The predicted molar refractivity (Wildman–Crippen MR) is 111 cm³/mol. The molecule has 0 atom stereocenters. The van der Waals surface area contributed by atoms with Crippen LogP contribution in [0.4, 0.5) is 0 Å². The van der Waals surface area contributed by atoms with Crippen molar-refractivity contribution in [1.29, 1.82) is 21.0 Å². The van der Waals surface area contributed by atoms with Crippen LogP contribution in [-0.2, 0) is 4.57 Å². The van der Waals surface area contributed by atoms with E-state index in [1.165, 1.54) is 55.0 Å². The van der Waals surface area contributed by atoms with Crippen LogP contribution in [-0.4, -0.2) is 0 Å². The third-order valence-electron chi connectivity index (χ3n) is 4.24. The van der Waals surface area contributed by atoms with Crippen LogP contribution in [0.15, 0.2) is 66.7 Å². The minimum absolute atomic E-state index is 0.00401. The summed E-state index contributed by atoms with van der Waals surface area (Å²) in [4.78, 5) is 0. The van der Waals surface area contributed by atoms with Gasteiger partial charge >= 0.3 is 0 Å². The summed E-state index contributed by atoms with van der Waals surface area (Å²) < 4.78 is 34.2. The summed E-state index contributed by atoms with van der Waals surface area (Å²) in [7, 11) is -3.74. The van der Waals surface area contributed by atoms with Crippen molar-refractivity contribution >= 4 is 23.1 Å². The zero-order chi connectivity index (χ0) is 23.0. The van der Waals surface area contributed by atoms with Gasteiger partial charge in [0.1, 0.15) is 23.0 Å². The third kappa shape index (κ3) is 4.45. The maximum Gasteiger partial charge on any atom is 0.292 e. The highest BCUT2D eigenvalue weighted by atomic mass is 31.2. The van der Waals surface area contributed by atoms with Gasteiger partial charge in [0, 0.05) is 22.0 Å². The summed E-state index contributed by atoms with van der Waals surface area (Å²) in [6.45, 7) is 0. The van der Waals surface area contributed by atoms with Gasteiger partial charge in [0.2, 0.25) is 0 Å². The smallest absolute Gasteiger partial charge is 0.292 e. The first-order valence-electron chi connectivity index (χ1n) is 8.76. The second-order valence-electron chi connectivity index (χ2n) is 6.04. The van der Waals surface area contributed by atoms with E-state index in [-0.39, 0.29) is 38.9 Å². The molecule has 0 aromatic heterocycles. The average Bonchev–Trinajstić information content (AvgIpc) is 2.80. The number of ether oxygens (including phenoxy) is 4. The third-order valence-corrected chi connectivity index (χ3v) is 7.24. The molecule has 154 valence electrons. The monoisotopic (exact) mass is 442 g/mol. The van der Waals surface area contributed by atoms with Gasteiger partial charge in [0.25, 0.3) is 25.0 Å². The van der Waals surface area contributed by atoms with E-state index in [0.29, 0.717) is 0 Å². The molecule has 0 saturated carbocycles. The van der Waals surface area contributed by atoms with Gasteiger partial charge in [0.15, 0.2) is 7.14 Å². The Kier molecular flexibility index (Phi) is 6.59. The molecule has 0 radical (unpaired) electrons. The lowest BCUT2D eigenvalue weighted by Crippen LogP contribution is -2.25. The van der Waals surface area contributed by atoms with Crippen LogP contribution in [0.3, 0.4) is 0 Å². The Hall–Kier alpha value is -4.95. The van der Waals surface area contributed by atoms with E-state index in [9.17, 15) is 4.57 Å². The summed E-state index contributed by atoms with van der Waals surface area (Å²) in [5.74, 6) is 0.328. The second kappa shape index (κ2) is 9.70. The standard InChI is InChI=1S/C22H11N4O5P/c23-12-28-16-3-1-5-20(8-16)32(27,21-6-2-4-17(9-21)29-13-24)22-10-18(30-14-25)7-19(11-22)31-15-26/h1-11H. The molecular weight excluding hydrogens is 431 g/mol. The molecule has 0 spiro atoms. The Morgan fingerprint density at radius 1 is 0.531 bits per heavy atom. The van der Waals surface area contributed by atoms with Crippen LogP contribution >= 0.6 is 7.14 Å². The van der Waals surface area contributed by atoms with Gasteiger partial charge in [-0.1, -0.05) is 24.3 Å². The van der Waals surface area contributed by atoms with Gasteiger partial charge in [0.05, 0.1) is 0 Å². The minimum atomic E-state index is -3.74. The molecule has 3 rings (SSSR count). The molecule has 0 aliphatic rings. The minimum Gasteiger partial charge on any atom is -0.388 e. The van der Waals surface area contributed by atoms with Crippen LogP contribution < -0.4 is 34.9 Å². The highest BCUT2D eigenvalue weighted by molar-refractivity contribution is 7.85. The van der Waals surface area contributed by atoms with E-state index >= 15 is 0 Å². The summed E-state index contributed by atoms with van der Waals surface area (Å²) in [6, 6.07) is 16.2. The van der Waals surface area contributed by atoms with Crippen molar-refractivity contribution in [3.8, 4) is 48.0 Å². The van der Waals surface area contributed by atoms with Crippen molar-refractivity contribution < 1.29 is 23.5 Å². The summed E-state index contributed by atoms with van der Waals surface area (Å²) in [6.07, 6.45) is 6.17. The zero-order valence-electron chi connectivity index (χ0n) is 16.1. The van der Waals surface area contributed by atoms with Gasteiger partial charge < -0.3 is 23.5 Å². The van der Waals surface area contributed by atoms with Gasteiger partial charge in [-0.3, -0.25) is 0 Å². The molecule has 9 nitrogen and oxygen atoms in total. The normalized spacial score (nSPS) is 9.88. The summed E-state index contributed by atoms with van der Waals surface area (Å²) in [5.41, 5.74) is 0. The zero-order valence-corrected chi connectivity index (χ0v) is 17.0. The van der Waals surface area contributed by atoms with Crippen molar-refractivity contribution in [1.82, 2.24) is 0 Å². The lowest BCUT2D eigenvalue weighted by atomic mass is 10.3. The van der Waals surface area contributed by atoms with E-state index in [4.69, 9.17) is 40.0 Å². The van der Waals surface area contributed by atoms with E-state index in [1.807, 2.05) is 0 Å². The molecule has 0 saturated heterocycles. The van der Waals surface area contributed by atoms with Crippen LogP contribution in [0.5, 0.6) is 23.0 Å². The average molecular weight is 442 g/mol. The van der Waals surface area contributed by atoms with E-state index in [0.717, 1.165) is 0 Å².